The summed E-state index contributed by atoms with van der Waals surface area (Å²) in [4.78, 5) is 64.2. The van der Waals surface area contributed by atoms with Crippen LogP contribution in [0.4, 0.5) is 0 Å². The number of aliphatic hydroxyl groups is 1. The average molecular weight is 807 g/mol. The molecule has 2 aromatic carbocycles. The van der Waals surface area contributed by atoms with Gasteiger partial charge in [-0.05, 0) is 72.9 Å². The SMILES string of the molecule is Cc1ncsc1-c1ccc(CNC(=O)[C@@H]2C[C@@H](O)CN2C(=O)[C@@H](NC(=O)CCCNC(=O)[C@H]2CCc3[nH]c4nnc(-c5ccccc5O)cc4c3C2)C(C)(C)C)cc1. The van der Waals surface area contributed by atoms with E-state index in [-0.39, 0.29) is 61.9 Å². The molecule has 4 heterocycles. The van der Waals surface area contributed by atoms with Gasteiger partial charge < -0.3 is 36.0 Å². The normalized spacial score (nSPS) is 18.4. The predicted octanol–water partition coefficient (Wildman–Crippen LogP) is 4.57. The Morgan fingerprint density at radius 3 is 2.53 bits per heavy atom. The number of hydrogen-bond donors (Lipinski definition) is 6. The number of para-hydroxylation sites is 1. The topological polar surface area (TPSA) is 203 Å². The number of phenols is 1. The van der Waals surface area contributed by atoms with Crippen molar-refractivity contribution < 1.29 is 29.4 Å². The minimum absolute atomic E-state index is 0.0132. The Balaban J connectivity index is 0.901. The number of carbonyl (C=O) groups is 4. The number of aliphatic hydroxyl groups excluding tert-OH is 1. The number of phenolic OH excluding ortho intramolecular Hbond substituents is 1. The lowest BCUT2D eigenvalue weighted by Crippen LogP contribution is -2.57. The first-order valence-corrected chi connectivity index (χ1v) is 20.6. The number of nitrogens with zero attached hydrogens (tertiary/aromatic N) is 4. The number of aryl methyl sites for hydroxylation is 2. The summed E-state index contributed by atoms with van der Waals surface area (Å²) in [5.74, 6) is -1.38. The molecular formula is C43H50N8O6S. The standard InChI is InChI=1S/C43H50N8O6S/c1-24-37(58-23-46-24)26-13-11-25(12-14-26)21-45-41(56)34-19-28(52)22-51(34)42(57)38(43(2,3)4)48-36(54)10-7-17-44-40(55)27-15-16-32-30(18-27)31-20-33(49-50-39(31)47-32)29-8-5-6-9-35(29)53/h5-6,8-9,11-14,20,23,27-28,34,38,52-53H,7,10,15-19,21-22H2,1-4H3,(H,44,55)(H,45,56)(H,47,50)(H,48,54)/t27-,28+,34-,38+/m0/s1. The van der Waals surface area contributed by atoms with Crippen LogP contribution >= 0.6 is 11.3 Å². The third-order valence-corrected chi connectivity index (χ3v) is 12.1. The fourth-order valence-electron chi connectivity index (χ4n) is 7.87. The Bertz CT molecular complexity index is 2320. The number of amides is 4. The van der Waals surface area contributed by atoms with E-state index in [2.05, 4.69) is 36.1 Å². The van der Waals surface area contributed by atoms with Crippen LogP contribution in [-0.4, -0.2) is 90.2 Å². The molecule has 6 N–H and O–H groups in total. The molecule has 1 aliphatic heterocycles. The Hall–Kier alpha value is -5.67. The summed E-state index contributed by atoms with van der Waals surface area (Å²) in [5.41, 5.74) is 7.84. The summed E-state index contributed by atoms with van der Waals surface area (Å²) in [7, 11) is 0. The smallest absolute Gasteiger partial charge is 0.246 e. The maximum Gasteiger partial charge on any atom is 0.246 e. The third-order valence-electron chi connectivity index (χ3n) is 11.1. The van der Waals surface area contributed by atoms with Gasteiger partial charge in [0.1, 0.15) is 17.8 Å². The van der Waals surface area contributed by atoms with Gasteiger partial charge in [0.25, 0.3) is 0 Å². The molecule has 0 saturated carbocycles. The zero-order valence-corrected chi connectivity index (χ0v) is 34.0. The van der Waals surface area contributed by atoms with Crippen molar-refractivity contribution in [3.05, 3.63) is 82.6 Å². The molecule has 0 radical (unpaired) electrons. The van der Waals surface area contributed by atoms with Crippen LogP contribution in [0.1, 0.15) is 69.0 Å². The number of nitrogens with one attached hydrogen (secondary N) is 4. The van der Waals surface area contributed by atoms with Crippen LogP contribution in [0.2, 0.25) is 0 Å². The molecular weight excluding hydrogens is 757 g/mol. The van der Waals surface area contributed by atoms with Crippen molar-refractivity contribution in [2.24, 2.45) is 11.3 Å². The first-order valence-electron chi connectivity index (χ1n) is 19.7. The highest BCUT2D eigenvalue weighted by molar-refractivity contribution is 7.13. The number of thiazole rings is 1. The molecule has 4 amide bonds. The lowest BCUT2D eigenvalue weighted by atomic mass is 9.85. The lowest BCUT2D eigenvalue weighted by molar-refractivity contribution is -0.144. The van der Waals surface area contributed by atoms with Gasteiger partial charge in [0, 0.05) is 55.0 Å². The lowest BCUT2D eigenvalue weighted by Gasteiger charge is -2.35. The van der Waals surface area contributed by atoms with Crippen molar-refractivity contribution >= 4 is 46.0 Å². The maximum absolute atomic E-state index is 14.0. The Morgan fingerprint density at radius 2 is 1.81 bits per heavy atom. The number of β-amino-alcohol motifs (C(OH)–C–C–N with tert-alkyl or cyclic N) is 1. The fraction of sp³-hybridized carbons (Fsp3) is 0.419. The maximum atomic E-state index is 14.0. The van der Waals surface area contributed by atoms with E-state index in [0.717, 1.165) is 38.3 Å². The van der Waals surface area contributed by atoms with Crippen molar-refractivity contribution in [2.75, 3.05) is 13.1 Å². The number of benzene rings is 2. The van der Waals surface area contributed by atoms with Crippen LogP contribution in [0.3, 0.4) is 0 Å². The molecule has 7 rings (SSSR count). The van der Waals surface area contributed by atoms with Crippen LogP contribution in [-0.2, 0) is 38.6 Å². The molecule has 3 aromatic heterocycles. The average Bonchev–Trinajstić information content (AvgIpc) is 3.93. The number of hydrogen-bond acceptors (Lipinski definition) is 10. The molecule has 1 aliphatic carbocycles. The second-order valence-electron chi connectivity index (χ2n) is 16.4. The number of rotatable bonds is 12. The summed E-state index contributed by atoms with van der Waals surface area (Å²) in [6.07, 6.45) is 1.54. The summed E-state index contributed by atoms with van der Waals surface area (Å²) in [5, 5.41) is 39.3. The van der Waals surface area contributed by atoms with Gasteiger partial charge in [-0.2, -0.15) is 0 Å². The molecule has 15 heteroatoms. The van der Waals surface area contributed by atoms with Gasteiger partial charge in [0.15, 0.2) is 5.65 Å². The van der Waals surface area contributed by atoms with E-state index in [1.165, 1.54) is 4.90 Å². The third kappa shape index (κ3) is 8.90. The van der Waals surface area contributed by atoms with Gasteiger partial charge >= 0.3 is 0 Å². The van der Waals surface area contributed by atoms with E-state index in [4.69, 9.17) is 0 Å². The van der Waals surface area contributed by atoms with Gasteiger partial charge in [-0.25, -0.2) is 4.98 Å². The largest absolute Gasteiger partial charge is 0.507 e. The number of likely N-dealkylation sites (tertiary alicyclic amines) is 1. The molecule has 5 aromatic rings. The molecule has 1 fully saturated rings. The Labute approximate surface area is 340 Å². The summed E-state index contributed by atoms with van der Waals surface area (Å²) in [6.45, 7) is 8.03. The van der Waals surface area contributed by atoms with E-state index in [1.807, 2.05) is 69.6 Å². The number of carbonyl (C=O) groups excluding carboxylic acids is 4. The number of fused-ring (bicyclic) bond motifs is 3. The number of aromatic hydroxyl groups is 1. The Kier molecular flexibility index (Phi) is 11.9. The number of aromatic amines is 1. The van der Waals surface area contributed by atoms with Gasteiger partial charge in [-0.3, -0.25) is 19.2 Å². The molecule has 304 valence electrons. The minimum Gasteiger partial charge on any atom is -0.507 e. The Morgan fingerprint density at radius 1 is 1.03 bits per heavy atom. The van der Waals surface area contributed by atoms with Crippen molar-refractivity contribution in [1.29, 1.82) is 0 Å². The van der Waals surface area contributed by atoms with Gasteiger partial charge in [0.05, 0.1) is 27.9 Å². The van der Waals surface area contributed by atoms with Gasteiger partial charge in [0.2, 0.25) is 23.6 Å². The molecule has 4 atom stereocenters. The highest BCUT2D eigenvalue weighted by Crippen LogP contribution is 2.35. The highest BCUT2D eigenvalue weighted by Gasteiger charge is 2.44. The molecule has 0 unspecified atom stereocenters. The predicted molar refractivity (Wildman–Crippen MR) is 220 cm³/mol. The first kappa shape index (κ1) is 40.5. The molecule has 0 spiro atoms. The van der Waals surface area contributed by atoms with Crippen LogP contribution in [0.5, 0.6) is 5.75 Å². The summed E-state index contributed by atoms with van der Waals surface area (Å²) in [6, 6.07) is 14.9. The molecule has 0 bridgehead atoms. The van der Waals surface area contributed by atoms with E-state index in [9.17, 15) is 29.4 Å². The fourth-order valence-corrected chi connectivity index (χ4v) is 8.68. The monoisotopic (exact) mass is 806 g/mol. The minimum atomic E-state index is -0.943. The quantitative estimate of drug-likeness (QED) is 0.0977. The van der Waals surface area contributed by atoms with E-state index in [0.29, 0.717) is 42.6 Å². The van der Waals surface area contributed by atoms with Crippen LogP contribution in [0.15, 0.2) is 60.1 Å². The summed E-state index contributed by atoms with van der Waals surface area (Å²) < 4.78 is 0. The van der Waals surface area contributed by atoms with Gasteiger partial charge in [-0.15, -0.1) is 21.5 Å². The van der Waals surface area contributed by atoms with E-state index < -0.39 is 29.5 Å². The van der Waals surface area contributed by atoms with Crippen LogP contribution in [0.25, 0.3) is 32.7 Å². The highest BCUT2D eigenvalue weighted by atomic mass is 32.1. The van der Waals surface area contributed by atoms with Crippen LogP contribution < -0.4 is 16.0 Å². The summed E-state index contributed by atoms with van der Waals surface area (Å²) >= 11 is 1.57. The molecule has 58 heavy (non-hydrogen) atoms. The number of aromatic nitrogens is 4. The second-order valence-corrected chi connectivity index (χ2v) is 17.2. The first-order chi connectivity index (χ1) is 27.8. The van der Waals surface area contributed by atoms with Gasteiger partial charge in [-0.1, -0.05) is 57.2 Å². The zero-order chi connectivity index (χ0) is 41.1. The van der Waals surface area contributed by atoms with E-state index in [1.54, 1.807) is 29.5 Å². The van der Waals surface area contributed by atoms with Crippen molar-refractivity contribution in [2.45, 2.75) is 91.0 Å². The van der Waals surface area contributed by atoms with Crippen molar-refractivity contribution in [3.8, 4) is 27.4 Å². The number of H-pyrrole nitrogens is 1. The molecule has 14 nitrogen and oxygen atoms in total. The molecule has 2 aliphatic rings. The van der Waals surface area contributed by atoms with Crippen molar-refractivity contribution in [3.63, 3.8) is 0 Å². The van der Waals surface area contributed by atoms with E-state index >= 15 is 0 Å². The second kappa shape index (κ2) is 17.0. The van der Waals surface area contributed by atoms with Crippen molar-refractivity contribution in [1.82, 2.24) is 41.0 Å². The molecule has 1 saturated heterocycles. The van der Waals surface area contributed by atoms with Crippen LogP contribution in [0, 0.1) is 18.3 Å². The zero-order valence-electron chi connectivity index (χ0n) is 33.2.